The second kappa shape index (κ2) is 18.4. The van der Waals surface area contributed by atoms with Crippen molar-refractivity contribution in [3.8, 4) is 17.6 Å². The van der Waals surface area contributed by atoms with Crippen LogP contribution in [-0.2, 0) is 33.9 Å². The number of carbonyl (C=O) groups excluding carboxylic acids is 1. The number of aryl methyl sites for hydroxylation is 1. The van der Waals surface area contributed by atoms with E-state index in [0.717, 1.165) is 16.7 Å². The third-order valence-corrected chi connectivity index (χ3v) is 13.2. The van der Waals surface area contributed by atoms with Crippen molar-refractivity contribution in [2.24, 2.45) is 0 Å². The lowest BCUT2D eigenvalue weighted by atomic mass is 9.79. The summed E-state index contributed by atoms with van der Waals surface area (Å²) in [5.41, 5.74) is -2.07. The Morgan fingerprint density at radius 3 is 2.05 bits per heavy atom. The van der Waals surface area contributed by atoms with Gasteiger partial charge in [-0.1, -0.05) is 54.6 Å². The molecule has 0 spiro atoms. The number of rotatable bonds is 18. The van der Waals surface area contributed by atoms with E-state index in [-0.39, 0.29) is 37.9 Å². The third kappa shape index (κ3) is 9.08. The fraction of sp³-hybridized carbons (Fsp3) is 0.467. The SMILES string of the molecule is COc1ccc(C(OC[C@]23COC(C2OP(CC(=O)OC(C)(C)CC#N)N(C(C)C)C(C)C)[C@H](n2cc(C)c(=O)[nH]c2=O)O3)(c2ccccc2)c2ccc(OC)cc2)cc1. The molecule has 6 rings (SSSR count). The molecular weight excluding hydrogens is 787 g/mol. The summed E-state index contributed by atoms with van der Waals surface area (Å²) in [5.74, 6) is 0.818. The summed E-state index contributed by atoms with van der Waals surface area (Å²) in [7, 11) is 1.46. The van der Waals surface area contributed by atoms with Crippen LogP contribution < -0.4 is 20.7 Å². The fourth-order valence-electron chi connectivity index (χ4n) is 8.05. The number of H-pyrrole nitrogens is 1. The molecule has 2 fully saturated rings. The largest absolute Gasteiger partial charge is 0.497 e. The van der Waals surface area contributed by atoms with Crippen LogP contribution in [0.2, 0.25) is 0 Å². The van der Waals surface area contributed by atoms with Crippen LogP contribution in [0.15, 0.2) is 94.6 Å². The highest BCUT2D eigenvalue weighted by Gasteiger charge is 2.65. The molecule has 2 aliphatic heterocycles. The molecule has 3 aromatic carbocycles. The van der Waals surface area contributed by atoms with Gasteiger partial charge in [-0.2, -0.15) is 5.26 Å². The molecule has 4 aromatic rings. The molecule has 3 unspecified atom stereocenters. The first kappa shape index (κ1) is 44.7. The van der Waals surface area contributed by atoms with Crippen molar-refractivity contribution < 1.29 is 37.7 Å². The molecule has 60 heavy (non-hydrogen) atoms. The highest BCUT2D eigenvalue weighted by Crippen LogP contribution is 2.55. The van der Waals surface area contributed by atoms with Gasteiger partial charge < -0.3 is 32.9 Å². The number of ether oxygens (including phenoxy) is 6. The standard InChI is InChI=1S/C45H55N4O10P/c1-29(2)49(30(3)4)60(26-37(50)57-43(6,7)23-24-46)59-39-38-41(48-25-31(5)40(51)47-42(48)52)58-44(39,27-55-38)28-56-45(32-13-11-10-12-14-32,33-15-19-35(53-8)20-16-33)34-17-21-36(54-9)22-18-34/h10-22,25,29-30,38-39,41H,23,26-28H2,1-9H3,(H,47,51,52)/t38?,39?,41-,44-,60?/m1/s1. The molecule has 5 atom stereocenters. The van der Waals surface area contributed by atoms with Gasteiger partial charge >= 0.3 is 11.7 Å². The van der Waals surface area contributed by atoms with E-state index in [1.807, 2.05) is 107 Å². The van der Waals surface area contributed by atoms with Crippen LogP contribution in [0.3, 0.4) is 0 Å². The van der Waals surface area contributed by atoms with E-state index < -0.39 is 60.8 Å². The van der Waals surface area contributed by atoms with Gasteiger partial charge in [0.2, 0.25) is 0 Å². The number of aromatic nitrogens is 2. The minimum absolute atomic E-state index is 0.0169. The van der Waals surface area contributed by atoms with Crippen molar-refractivity contribution in [1.29, 1.82) is 5.26 Å². The van der Waals surface area contributed by atoms with Crippen LogP contribution in [0.25, 0.3) is 0 Å². The zero-order valence-electron chi connectivity index (χ0n) is 35.7. The predicted octanol–water partition coefficient (Wildman–Crippen LogP) is 6.59. The number of nitrogens with zero attached hydrogens (tertiary/aromatic N) is 3. The number of aromatic amines is 1. The van der Waals surface area contributed by atoms with Crippen LogP contribution >= 0.6 is 8.30 Å². The van der Waals surface area contributed by atoms with Gasteiger partial charge in [0.1, 0.15) is 55.0 Å². The van der Waals surface area contributed by atoms with Crippen LogP contribution in [-0.4, -0.2) is 89.3 Å². The minimum atomic E-state index is -1.76. The summed E-state index contributed by atoms with van der Waals surface area (Å²) in [6, 6.07) is 27.1. The first-order valence-electron chi connectivity index (χ1n) is 20.0. The molecule has 15 heteroatoms. The molecule has 0 aliphatic carbocycles. The number of carbonyl (C=O) groups is 1. The Morgan fingerprint density at radius 1 is 0.950 bits per heavy atom. The molecule has 2 bridgehead atoms. The molecule has 3 heterocycles. The lowest BCUT2D eigenvalue weighted by molar-refractivity contribution is -0.203. The summed E-state index contributed by atoms with van der Waals surface area (Å²) >= 11 is 0. The highest BCUT2D eigenvalue weighted by molar-refractivity contribution is 7.51. The number of esters is 1. The Bertz CT molecular complexity index is 2200. The lowest BCUT2D eigenvalue weighted by Crippen LogP contribution is -2.49. The van der Waals surface area contributed by atoms with Crippen LogP contribution in [0.5, 0.6) is 11.5 Å². The van der Waals surface area contributed by atoms with Gasteiger partial charge in [0.05, 0.1) is 39.9 Å². The smallest absolute Gasteiger partial charge is 0.330 e. The van der Waals surface area contributed by atoms with E-state index in [1.165, 1.54) is 10.8 Å². The van der Waals surface area contributed by atoms with E-state index in [9.17, 15) is 19.6 Å². The first-order valence-corrected chi connectivity index (χ1v) is 21.4. The van der Waals surface area contributed by atoms with Crippen LogP contribution in [0, 0.1) is 18.3 Å². The Morgan fingerprint density at radius 2 is 1.52 bits per heavy atom. The first-order chi connectivity index (χ1) is 28.6. The monoisotopic (exact) mass is 842 g/mol. The Balaban J connectivity index is 1.49. The Hall–Kier alpha value is -4.87. The summed E-state index contributed by atoms with van der Waals surface area (Å²) in [6.07, 6.45) is -1.42. The van der Waals surface area contributed by atoms with Crippen molar-refractivity contribution in [2.75, 3.05) is 33.6 Å². The second-order valence-electron chi connectivity index (χ2n) is 16.3. The molecule has 2 aliphatic rings. The average Bonchev–Trinajstić information content (AvgIpc) is 3.70. The van der Waals surface area contributed by atoms with Crippen molar-refractivity contribution in [1.82, 2.24) is 14.2 Å². The predicted molar refractivity (Wildman–Crippen MR) is 226 cm³/mol. The highest BCUT2D eigenvalue weighted by atomic mass is 31.2. The molecule has 1 aromatic heterocycles. The van der Waals surface area contributed by atoms with Crippen molar-refractivity contribution in [3.05, 3.63) is 128 Å². The van der Waals surface area contributed by atoms with E-state index in [2.05, 4.69) is 15.7 Å². The lowest BCUT2D eigenvalue weighted by Gasteiger charge is -2.42. The summed E-state index contributed by atoms with van der Waals surface area (Å²) in [4.78, 5) is 42.1. The zero-order chi connectivity index (χ0) is 43.4. The minimum Gasteiger partial charge on any atom is -0.497 e. The molecule has 14 nitrogen and oxygen atoms in total. The molecule has 0 saturated carbocycles. The number of nitriles is 1. The number of nitrogens with one attached hydrogen (secondary N) is 1. The van der Waals surface area contributed by atoms with Gasteiger partial charge in [0.25, 0.3) is 5.56 Å². The molecule has 1 N–H and O–H groups in total. The summed E-state index contributed by atoms with van der Waals surface area (Å²) < 4.78 is 48.5. The molecule has 2 saturated heterocycles. The van der Waals surface area contributed by atoms with E-state index in [1.54, 1.807) is 35.0 Å². The normalized spacial score (nSPS) is 20.7. The molecule has 0 radical (unpaired) electrons. The van der Waals surface area contributed by atoms with E-state index in [0.29, 0.717) is 17.1 Å². The number of hydrogen-bond acceptors (Lipinski definition) is 12. The van der Waals surface area contributed by atoms with Gasteiger partial charge in [-0.15, -0.1) is 0 Å². The number of fused-ring (bicyclic) bond motifs is 2. The van der Waals surface area contributed by atoms with E-state index >= 15 is 0 Å². The molecular formula is C45H55N4O10P. The maximum absolute atomic E-state index is 13.7. The maximum Gasteiger partial charge on any atom is 0.330 e. The molecule has 320 valence electrons. The maximum atomic E-state index is 13.7. The van der Waals surface area contributed by atoms with Crippen molar-refractivity contribution in [2.45, 2.75) is 102 Å². The van der Waals surface area contributed by atoms with Gasteiger partial charge in [-0.05, 0) is 89.4 Å². The van der Waals surface area contributed by atoms with Gasteiger partial charge in [0, 0.05) is 23.8 Å². The average molecular weight is 843 g/mol. The van der Waals surface area contributed by atoms with Crippen LogP contribution in [0.4, 0.5) is 0 Å². The van der Waals surface area contributed by atoms with Crippen molar-refractivity contribution >= 4 is 14.3 Å². The van der Waals surface area contributed by atoms with Crippen molar-refractivity contribution in [3.63, 3.8) is 0 Å². The quantitative estimate of drug-likeness (QED) is 0.0651. The van der Waals surface area contributed by atoms with Gasteiger partial charge in [-0.25, -0.2) is 4.79 Å². The Kier molecular flexibility index (Phi) is 13.7. The topological polar surface area (TPSA) is 164 Å². The number of hydrogen-bond donors (Lipinski definition) is 1. The zero-order valence-corrected chi connectivity index (χ0v) is 36.6. The Labute approximate surface area is 352 Å². The third-order valence-electron chi connectivity index (χ3n) is 10.8. The fourth-order valence-corrected chi connectivity index (χ4v) is 10.3. The number of methoxy groups -OCH3 is 2. The van der Waals surface area contributed by atoms with Crippen LogP contribution in [0.1, 0.15) is 76.4 Å². The van der Waals surface area contributed by atoms with Gasteiger partial charge in [0.15, 0.2) is 6.23 Å². The molecule has 0 amide bonds. The number of benzene rings is 3. The second-order valence-corrected chi connectivity index (χ2v) is 18.0. The van der Waals surface area contributed by atoms with Gasteiger partial charge in [-0.3, -0.25) is 23.8 Å². The summed E-state index contributed by atoms with van der Waals surface area (Å²) in [5, 5.41) is 9.39. The summed E-state index contributed by atoms with van der Waals surface area (Å²) in [6.45, 7) is 13.0. The van der Waals surface area contributed by atoms with E-state index in [4.69, 9.17) is 32.9 Å².